The van der Waals surface area contributed by atoms with E-state index in [1.165, 1.54) is 12.1 Å². The maximum absolute atomic E-state index is 13.3. The monoisotopic (exact) mass is 487 g/mol. The summed E-state index contributed by atoms with van der Waals surface area (Å²) >= 11 is 6.02. The van der Waals surface area contributed by atoms with Gasteiger partial charge in [-0.15, -0.1) is 0 Å². The number of nitrogens with zero attached hydrogens (tertiary/aromatic N) is 2. The molecule has 1 aliphatic heterocycles. The van der Waals surface area contributed by atoms with Gasteiger partial charge in [-0.1, -0.05) is 54.4 Å². The van der Waals surface area contributed by atoms with E-state index < -0.39 is 28.7 Å². The molecule has 0 aliphatic carbocycles. The van der Waals surface area contributed by atoms with Gasteiger partial charge in [-0.05, 0) is 56.3 Å². The highest BCUT2D eigenvalue weighted by Crippen LogP contribution is 2.37. The van der Waals surface area contributed by atoms with Crippen LogP contribution in [0.2, 0.25) is 5.02 Å². The number of aromatic nitrogens is 1. The summed E-state index contributed by atoms with van der Waals surface area (Å²) < 4.78 is 39.9. The molecule has 0 radical (unpaired) electrons. The van der Waals surface area contributed by atoms with Gasteiger partial charge in [-0.2, -0.15) is 13.2 Å². The molecule has 4 nitrogen and oxygen atoms in total. The largest absolute Gasteiger partial charge is 0.417 e. The highest BCUT2D eigenvalue weighted by atomic mass is 35.5. The Morgan fingerprint density at radius 1 is 1.09 bits per heavy atom. The number of amides is 1. The van der Waals surface area contributed by atoms with E-state index in [0.29, 0.717) is 0 Å². The molecule has 1 fully saturated rings. The van der Waals surface area contributed by atoms with Crippen molar-refractivity contribution in [1.82, 2.24) is 15.2 Å². The van der Waals surface area contributed by atoms with Gasteiger partial charge in [0.2, 0.25) is 0 Å². The Morgan fingerprint density at radius 3 is 2.50 bits per heavy atom. The second-order valence-corrected chi connectivity index (χ2v) is 8.87. The number of likely N-dealkylation sites (tertiary alicyclic amines) is 1. The lowest BCUT2D eigenvalue weighted by molar-refractivity contribution is -0.137. The smallest absolute Gasteiger partial charge is 0.344 e. The average molecular weight is 488 g/mol. The zero-order valence-electron chi connectivity index (χ0n) is 18.6. The van der Waals surface area contributed by atoms with Gasteiger partial charge < -0.3 is 10.2 Å². The average Bonchev–Trinajstić information content (AvgIpc) is 2.83. The standard InChI is InChI=1S/C26H25ClF3N3O/c1-33-16-5-3-10-22(33)24(18-13-11-17(12-14-18)21-9-2-4-15-31-21)32-25(34)19-7-6-8-20(23(19)27)26(28,29)30/h2,4,6-9,11-15,22,24H,3,5,10,16H2,1H3,(H,32,34)/t22-,24?/m0/s1. The fourth-order valence-electron chi connectivity index (χ4n) is 4.46. The normalized spacial score (nSPS) is 17.9. The minimum atomic E-state index is -4.64. The van der Waals surface area contributed by atoms with Gasteiger partial charge in [0.25, 0.3) is 5.91 Å². The van der Waals surface area contributed by atoms with Crippen LogP contribution in [0.3, 0.4) is 0 Å². The van der Waals surface area contributed by atoms with E-state index in [9.17, 15) is 18.0 Å². The molecule has 0 saturated carbocycles. The highest BCUT2D eigenvalue weighted by Gasteiger charge is 2.36. The molecule has 2 atom stereocenters. The van der Waals surface area contributed by atoms with Gasteiger partial charge >= 0.3 is 6.18 Å². The predicted molar refractivity (Wildman–Crippen MR) is 127 cm³/mol. The Bertz CT molecular complexity index is 1140. The fraction of sp³-hybridized carbons (Fsp3) is 0.308. The number of halogens is 4. The third kappa shape index (κ3) is 5.26. The lowest BCUT2D eigenvalue weighted by atomic mass is 9.90. The third-order valence-electron chi connectivity index (χ3n) is 6.28. The quantitative estimate of drug-likeness (QED) is 0.454. The summed E-state index contributed by atoms with van der Waals surface area (Å²) in [6, 6.07) is 16.4. The molecule has 1 aliphatic rings. The first-order valence-electron chi connectivity index (χ1n) is 11.1. The second-order valence-electron chi connectivity index (χ2n) is 8.50. The van der Waals surface area contributed by atoms with Crippen LogP contribution < -0.4 is 5.32 Å². The van der Waals surface area contributed by atoms with Gasteiger partial charge in [0.1, 0.15) is 0 Å². The number of hydrogen-bond acceptors (Lipinski definition) is 3. The van der Waals surface area contributed by atoms with E-state index in [4.69, 9.17) is 11.6 Å². The molecule has 1 unspecified atom stereocenters. The second kappa shape index (κ2) is 10.2. The Hall–Kier alpha value is -2.90. The van der Waals surface area contributed by atoms with E-state index in [1.807, 2.05) is 49.5 Å². The minimum Gasteiger partial charge on any atom is -0.344 e. The van der Waals surface area contributed by atoms with Gasteiger partial charge in [-0.3, -0.25) is 9.78 Å². The molecular formula is C26H25ClF3N3O. The molecule has 1 saturated heterocycles. The van der Waals surface area contributed by atoms with Gasteiger partial charge in [0, 0.05) is 17.8 Å². The molecule has 2 heterocycles. The van der Waals surface area contributed by atoms with Crippen molar-refractivity contribution in [3.63, 3.8) is 0 Å². The Morgan fingerprint density at radius 2 is 1.85 bits per heavy atom. The van der Waals surface area contributed by atoms with Crippen LogP contribution in [0, 0.1) is 0 Å². The van der Waals surface area contributed by atoms with Crippen LogP contribution in [-0.2, 0) is 6.18 Å². The molecule has 34 heavy (non-hydrogen) atoms. The first-order chi connectivity index (χ1) is 16.3. The van der Waals surface area contributed by atoms with Crippen molar-refractivity contribution in [2.75, 3.05) is 13.6 Å². The number of pyridine rings is 1. The number of benzene rings is 2. The van der Waals surface area contributed by atoms with E-state index in [1.54, 1.807) is 6.20 Å². The molecule has 8 heteroatoms. The molecule has 3 aromatic rings. The van der Waals surface area contributed by atoms with Gasteiger partial charge in [0.15, 0.2) is 0 Å². The molecular weight excluding hydrogens is 463 g/mol. The zero-order chi connectivity index (χ0) is 24.3. The third-order valence-corrected chi connectivity index (χ3v) is 6.68. The fourth-order valence-corrected chi connectivity index (χ4v) is 4.78. The molecule has 0 spiro atoms. The van der Waals surface area contributed by atoms with Crippen LogP contribution in [0.15, 0.2) is 66.9 Å². The Labute approximate surface area is 201 Å². The number of alkyl halides is 3. The number of nitrogens with one attached hydrogen (secondary N) is 1. The van der Waals surface area contributed by atoms with Crippen molar-refractivity contribution < 1.29 is 18.0 Å². The van der Waals surface area contributed by atoms with Crippen LogP contribution >= 0.6 is 11.6 Å². The molecule has 1 N–H and O–H groups in total. The molecule has 1 aromatic heterocycles. The molecule has 2 aromatic carbocycles. The van der Waals surface area contributed by atoms with E-state index in [0.717, 1.165) is 48.7 Å². The number of carbonyl (C=O) groups excluding carboxylic acids is 1. The van der Waals surface area contributed by atoms with Crippen LogP contribution in [0.1, 0.15) is 46.8 Å². The first kappa shape index (κ1) is 24.2. The lowest BCUT2D eigenvalue weighted by Crippen LogP contribution is -2.47. The van der Waals surface area contributed by atoms with Crippen LogP contribution in [0.25, 0.3) is 11.3 Å². The zero-order valence-corrected chi connectivity index (χ0v) is 19.4. The summed E-state index contributed by atoms with van der Waals surface area (Å²) in [7, 11) is 2.00. The summed E-state index contributed by atoms with van der Waals surface area (Å²) in [5.74, 6) is -0.631. The first-order valence-corrected chi connectivity index (χ1v) is 11.5. The molecule has 4 rings (SSSR count). The van der Waals surface area contributed by atoms with Crippen LogP contribution in [-0.4, -0.2) is 35.4 Å². The summed E-state index contributed by atoms with van der Waals surface area (Å²) in [5.41, 5.74) is 1.43. The predicted octanol–water partition coefficient (Wildman–Crippen LogP) is 6.38. The summed E-state index contributed by atoms with van der Waals surface area (Å²) in [5, 5.41) is 2.39. The number of piperidine rings is 1. The van der Waals surface area contributed by atoms with E-state index in [2.05, 4.69) is 15.2 Å². The Kier molecular flexibility index (Phi) is 7.24. The molecule has 0 bridgehead atoms. The van der Waals surface area contributed by atoms with Crippen LogP contribution in [0.5, 0.6) is 0 Å². The highest BCUT2D eigenvalue weighted by molar-refractivity contribution is 6.34. The number of rotatable bonds is 5. The maximum atomic E-state index is 13.3. The summed E-state index contributed by atoms with van der Waals surface area (Å²) in [6.45, 7) is 0.882. The topological polar surface area (TPSA) is 45.2 Å². The number of hydrogen-bond donors (Lipinski definition) is 1. The Balaban J connectivity index is 1.66. The van der Waals surface area contributed by atoms with Crippen molar-refractivity contribution in [3.8, 4) is 11.3 Å². The molecule has 1 amide bonds. The van der Waals surface area contributed by atoms with Gasteiger partial charge in [0.05, 0.1) is 27.9 Å². The van der Waals surface area contributed by atoms with Crippen molar-refractivity contribution in [2.45, 2.75) is 37.5 Å². The van der Waals surface area contributed by atoms with E-state index in [-0.39, 0.29) is 11.6 Å². The summed E-state index contributed by atoms with van der Waals surface area (Å²) in [4.78, 5) is 19.7. The maximum Gasteiger partial charge on any atom is 0.417 e. The lowest BCUT2D eigenvalue weighted by Gasteiger charge is -2.38. The van der Waals surface area contributed by atoms with Crippen molar-refractivity contribution >= 4 is 17.5 Å². The van der Waals surface area contributed by atoms with Crippen molar-refractivity contribution in [2.24, 2.45) is 0 Å². The van der Waals surface area contributed by atoms with Gasteiger partial charge in [-0.25, -0.2) is 0 Å². The SMILES string of the molecule is CN1CCCC[C@H]1C(NC(=O)c1cccc(C(F)(F)F)c1Cl)c1ccc(-c2ccccn2)cc1. The number of likely N-dealkylation sites (N-methyl/N-ethyl adjacent to an activating group) is 1. The summed E-state index contributed by atoms with van der Waals surface area (Å²) in [6.07, 6.45) is 0.0168. The minimum absolute atomic E-state index is 0.00275. The molecule has 178 valence electrons. The van der Waals surface area contributed by atoms with E-state index >= 15 is 0 Å². The van der Waals surface area contributed by atoms with Crippen molar-refractivity contribution in [1.29, 1.82) is 0 Å². The van der Waals surface area contributed by atoms with Crippen molar-refractivity contribution in [3.05, 3.63) is 88.6 Å². The number of carbonyl (C=O) groups is 1. The van der Waals surface area contributed by atoms with Crippen LogP contribution in [0.4, 0.5) is 13.2 Å².